The molecule has 0 saturated heterocycles. The first-order chi connectivity index (χ1) is 10.2. The molecule has 3 aromatic rings. The van der Waals surface area contributed by atoms with Crippen LogP contribution in [0.4, 0.5) is 10.1 Å². The summed E-state index contributed by atoms with van der Waals surface area (Å²) in [7, 11) is 0. The molecule has 0 aliphatic heterocycles. The molecule has 0 saturated carbocycles. The first-order valence-electron chi connectivity index (χ1n) is 6.07. The first-order valence-corrected chi connectivity index (χ1v) is 7.05. The summed E-state index contributed by atoms with van der Waals surface area (Å²) in [6, 6.07) is 7.75. The zero-order valence-corrected chi connectivity index (χ0v) is 11.5. The van der Waals surface area contributed by atoms with Gasteiger partial charge >= 0.3 is 0 Å². The molecule has 2 heterocycles. The Morgan fingerprint density at radius 1 is 1.33 bits per heavy atom. The van der Waals surface area contributed by atoms with Crippen molar-refractivity contribution in [1.29, 1.82) is 0 Å². The monoisotopic (exact) mass is 303 g/mol. The van der Waals surface area contributed by atoms with E-state index < -0.39 is 5.82 Å². The maximum atomic E-state index is 13.4. The number of benzene rings is 1. The van der Waals surface area contributed by atoms with Gasteiger partial charge < -0.3 is 5.32 Å². The summed E-state index contributed by atoms with van der Waals surface area (Å²) in [5.41, 5.74) is 0.160. The van der Waals surface area contributed by atoms with Crippen LogP contribution in [0.5, 0.6) is 0 Å². The van der Waals surface area contributed by atoms with Crippen LogP contribution in [0.15, 0.2) is 47.9 Å². The summed E-state index contributed by atoms with van der Waals surface area (Å²) in [6.07, 6.45) is 3.34. The van der Waals surface area contributed by atoms with Gasteiger partial charge in [0.05, 0.1) is 11.4 Å². The Bertz CT molecular complexity index is 758. The third kappa shape index (κ3) is 3.16. The van der Waals surface area contributed by atoms with Gasteiger partial charge in [-0.2, -0.15) is 4.98 Å². The molecule has 0 bridgehead atoms. The third-order valence-electron chi connectivity index (χ3n) is 2.58. The van der Waals surface area contributed by atoms with Crippen LogP contribution in [-0.2, 0) is 4.79 Å². The van der Waals surface area contributed by atoms with Gasteiger partial charge in [0, 0.05) is 12.4 Å². The highest BCUT2D eigenvalue weighted by Crippen LogP contribution is 2.16. The molecule has 0 aliphatic carbocycles. The third-order valence-corrected chi connectivity index (χ3v) is 3.42. The van der Waals surface area contributed by atoms with Crippen LogP contribution in [-0.4, -0.2) is 31.2 Å². The number of carbonyl (C=O) groups is 1. The molecule has 1 N–H and O–H groups in total. The van der Waals surface area contributed by atoms with E-state index in [4.69, 9.17) is 0 Å². The summed E-state index contributed by atoms with van der Waals surface area (Å²) in [4.78, 5) is 20.0. The summed E-state index contributed by atoms with van der Waals surface area (Å²) in [5.74, 6) is -0.233. The SMILES string of the molecule is O=C(CSc1nc2ncccn2n1)Nc1ccccc1F. The average Bonchev–Trinajstić information content (AvgIpc) is 2.90. The number of nitrogens with one attached hydrogen (secondary N) is 1. The van der Waals surface area contributed by atoms with Crippen molar-refractivity contribution in [1.82, 2.24) is 19.6 Å². The lowest BCUT2D eigenvalue weighted by Gasteiger charge is -2.04. The number of para-hydroxylation sites is 1. The lowest BCUT2D eigenvalue weighted by Crippen LogP contribution is -2.15. The van der Waals surface area contributed by atoms with E-state index in [1.165, 1.54) is 16.6 Å². The second-order valence-corrected chi connectivity index (χ2v) is 5.02. The first kappa shape index (κ1) is 13.5. The molecule has 2 aromatic heterocycles. The van der Waals surface area contributed by atoms with Gasteiger partial charge in [-0.1, -0.05) is 23.9 Å². The summed E-state index contributed by atoms with van der Waals surface area (Å²) >= 11 is 1.16. The van der Waals surface area contributed by atoms with Crippen LogP contribution in [0, 0.1) is 5.82 Å². The Morgan fingerprint density at radius 3 is 3.00 bits per heavy atom. The molecule has 0 spiro atoms. The Hall–Kier alpha value is -2.48. The van der Waals surface area contributed by atoms with Gasteiger partial charge in [0.25, 0.3) is 5.78 Å². The lowest BCUT2D eigenvalue weighted by molar-refractivity contribution is -0.113. The number of aromatic nitrogens is 4. The molecule has 106 valence electrons. The molecule has 6 nitrogen and oxygen atoms in total. The van der Waals surface area contributed by atoms with E-state index in [2.05, 4.69) is 20.4 Å². The number of carbonyl (C=O) groups excluding carboxylic acids is 1. The van der Waals surface area contributed by atoms with Gasteiger partial charge in [-0.3, -0.25) is 4.79 Å². The normalized spacial score (nSPS) is 10.7. The van der Waals surface area contributed by atoms with Crippen LogP contribution in [0.1, 0.15) is 0 Å². The van der Waals surface area contributed by atoms with Crippen LogP contribution < -0.4 is 5.32 Å². The van der Waals surface area contributed by atoms with Crippen molar-refractivity contribution in [2.45, 2.75) is 5.16 Å². The maximum Gasteiger partial charge on any atom is 0.253 e. The van der Waals surface area contributed by atoms with E-state index in [1.54, 1.807) is 30.6 Å². The second kappa shape index (κ2) is 5.88. The lowest BCUT2D eigenvalue weighted by atomic mass is 10.3. The minimum Gasteiger partial charge on any atom is -0.323 e. The molecule has 0 fully saturated rings. The molecule has 0 radical (unpaired) electrons. The fraction of sp³-hybridized carbons (Fsp3) is 0.0769. The highest BCUT2D eigenvalue weighted by molar-refractivity contribution is 7.99. The fourth-order valence-electron chi connectivity index (χ4n) is 1.65. The van der Waals surface area contributed by atoms with Crippen molar-refractivity contribution in [3.8, 4) is 0 Å². The van der Waals surface area contributed by atoms with E-state index in [0.717, 1.165) is 11.8 Å². The van der Waals surface area contributed by atoms with E-state index >= 15 is 0 Å². The topological polar surface area (TPSA) is 72.2 Å². The van der Waals surface area contributed by atoms with Gasteiger partial charge in [0.15, 0.2) is 0 Å². The molecule has 1 amide bonds. The molecular formula is C13H10FN5OS. The maximum absolute atomic E-state index is 13.4. The van der Waals surface area contributed by atoms with Crippen LogP contribution >= 0.6 is 11.8 Å². The zero-order chi connectivity index (χ0) is 14.7. The molecule has 21 heavy (non-hydrogen) atoms. The van der Waals surface area contributed by atoms with E-state index in [0.29, 0.717) is 10.9 Å². The second-order valence-electron chi connectivity index (χ2n) is 4.08. The van der Waals surface area contributed by atoms with Gasteiger partial charge in [0.1, 0.15) is 5.82 Å². The number of fused-ring (bicyclic) bond motifs is 1. The number of amides is 1. The largest absolute Gasteiger partial charge is 0.323 e. The summed E-state index contributed by atoms with van der Waals surface area (Å²) < 4.78 is 14.9. The number of hydrogen-bond acceptors (Lipinski definition) is 5. The number of thioether (sulfide) groups is 1. The van der Waals surface area contributed by atoms with Crippen molar-refractivity contribution in [2.75, 3.05) is 11.1 Å². The Kier molecular flexibility index (Phi) is 3.78. The number of hydrogen-bond donors (Lipinski definition) is 1. The van der Waals surface area contributed by atoms with Gasteiger partial charge in [-0.25, -0.2) is 13.9 Å². The summed E-state index contributed by atoms with van der Waals surface area (Å²) in [6.45, 7) is 0. The average molecular weight is 303 g/mol. The fourth-order valence-corrected chi connectivity index (χ4v) is 2.28. The van der Waals surface area contributed by atoms with E-state index in [-0.39, 0.29) is 17.3 Å². The molecule has 0 unspecified atom stereocenters. The van der Waals surface area contributed by atoms with Crippen molar-refractivity contribution in [3.63, 3.8) is 0 Å². The van der Waals surface area contributed by atoms with Crippen LogP contribution in [0.2, 0.25) is 0 Å². The molecule has 8 heteroatoms. The van der Waals surface area contributed by atoms with Crippen molar-refractivity contribution in [3.05, 3.63) is 48.5 Å². The molecule has 0 aliphatic rings. The minimum absolute atomic E-state index is 0.0885. The van der Waals surface area contributed by atoms with E-state index in [9.17, 15) is 9.18 Å². The number of rotatable bonds is 4. The van der Waals surface area contributed by atoms with Gasteiger partial charge in [0.2, 0.25) is 11.1 Å². The summed E-state index contributed by atoms with van der Waals surface area (Å²) in [5, 5.41) is 7.10. The number of halogens is 1. The van der Waals surface area contributed by atoms with Gasteiger partial charge in [-0.15, -0.1) is 5.10 Å². The van der Waals surface area contributed by atoms with E-state index in [1.807, 2.05) is 0 Å². The standard InChI is InChI=1S/C13H10FN5OS/c14-9-4-1-2-5-10(9)16-11(20)8-21-13-17-12-15-6-3-7-19(12)18-13/h1-7H,8H2,(H,16,20). The molecular weight excluding hydrogens is 293 g/mol. The highest BCUT2D eigenvalue weighted by Gasteiger charge is 2.10. The highest BCUT2D eigenvalue weighted by atomic mass is 32.2. The zero-order valence-electron chi connectivity index (χ0n) is 10.7. The quantitative estimate of drug-likeness (QED) is 0.746. The smallest absolute Gasteiger partial charge is 0.253 e. The van der Waals surface area contributed by atoms with Gasteiger partial charge in [-0.05, 0) is 18.2 Å². The predicted molar refractivity (Wildman–Crippen MR) is 76.5 cm³/mol. The Morgan fingerprint density at radius 2 is 2.19 bits per heavy atom. The number of nitrogens with zero attached hydrogens (tertiary/aromatic N) is 4. The molecule has 1 aromatic carbocycles. The van der Waals surface area contributed by atoms with Crippen LogP contribution in [0.3, 0.4) is 0 Å². The predicted octanol–water partition coefficient (Wildman–Crippen LogP) is 1.99. The molecule has 3 rings (SSSR count). The minimum atomic E-state index is -0.467. The molecule has 0 atom stereocenters. The Labute approximate surface area is 123 Å². The van der Waals surface area contributed by atoms with Crippen molar-refractivity contribution < 1.29 is 9.18 Å². The van der Waals surface area contributed by atoms with Crippen LogP contribution in [0.25, 0.3) is 5.78 Å². The van der Waals surface area contributed by atoms with Crippen molar-refractivity contribution >= 4 is 29.1 Å². The Balaban J connectivity index is 1.62. The van der Waals surface area contributed by atoms with Crippen molar-refractivity contribution in [2.24, 2.45) is 0 Å². The number of anilines is 1.